The minimum absolute atomic E-state index is 0.121. The number of fused-ring (bicyclic) bond motifs is 1. The molecule has 4 heteroatoms. The molecule has 1 aromatic rings. The lowest BCUT2D eigenvalue weighted by molar-refractivity contribution is -0.143. The number of allylic oxidation sites excluding steroid dienone is 2. The molecule has 1 unspecified atom stereocenters. The van der Waals surface area contributed by atoms with Crippen molar-refractivity contribution in [3.05, 3.63) is 48.0 Å². The Labute approximate surface area is 124 Å². The Hall–Kier alpha value is -1.94. The second-order valence-corrected chi connectivity index (χ2v) is 5.73. The van der Waals surface area contributed by atoms with E-state index in [1.165, 1.54) is 4.90 Å². The molecule has 2 amide bonds. The zero-order chi connectivity index (χ0) is 14.8. The van der Waals surface area contributed by atoms with Crippen molar-refractivity contribution in [3.8, 4) is 0 Å². The van der Waals surface area contributed by atoms with E-state index in [-0.39, 0.29) is 30.3 Å². The Morgan fingerprint density at radius 3 is 2.14 bits per heavy atom. The SMILES string of the molecule is O=C1[C@H]2CC=CC[C@H]2C(=O)N1C(CO)Cc1ccccc1. The van der Waals surface area contributed by atoms with Crippen LogP contribution in [0.4, 0.5) is 0 Å². The molecule has 110 valence electrons. The number of benzene rings is 1. The molecule has 0 spiro atoms. The molecular weight excluding hydrogens is 266 g/mol. The third kappa shape index (κ3) is 2.51. The highest BCUT2D eigenvalue weighted by Gasteiger charge is 2.49. The Morgan fingerprint density at radius 2 is 1.62 bits per heavy atom. The normalized spacial score (nSPS) is 26.0. The fourth-order valence-electron chi connectivity index (χ4n) is 3.31. The molecule has 1 N–H and O–H groups in total. The van der Waals surface area contributed by atoms with E-state index in [1.54, 1.807) is 0 Å². The van der Waals surface area contributed by atoms with Crippen LogP contribution in [0.2, 0.25) is 0 Å². The number of rotatable bonds is 4. The Morgan fingerprint density at radius 1 is 1.05 bits per heavy atom. The molecule has 1 fully saturated rings. The number of aliphatic hydroxyl groups is 1. The monoisotopic (exact) mass is 285 g/mol. The number of amides is 2. The zero-order valence-electron chi connectivity index (χ0n) is 11.8. The molecule has 1 aromatic carbocycles. The van der Waals surface area contributed by atoms with Crippen LogP contribution >= 0.6 is 0 Å². The van der Waals surface area contributed by atoms with Gasteiger partial charge in [0, 0.05) is 0 Å². The van der Waals surface area contributed by atoms with Gasteiger partial charge in [0.25, 0.3) is 0 Å². The van der Waals surface area contributed by atoms with Gasteiger partial charge in [0.15, 0.2) is 0 Å². The summed E-state index contributed by atoms with van der Waals surface area (Å²) in [6.45, 7) is -0.195. The maximum absolute atomic E-state index is 12.5. The molecule has 1 aliphatic carbocycles. The molecule has 1 heterocycles. The summed E-state index contributed by atoms with van der Waals surface area (Å²) >= 11 is 0. The van der Waals surface area contributed by atoms with Gasteiger partial charge in [0.05, 0.1) is 24.5 Å². The van der Waals surface area contributed by atoms with Crippen molar-refractivity contribution in [3.63, 3.8) is 0 Å². The average Bonchev–Trinajstić information content (AvgIpc) is 2.78. The number of likely N-dealkylation sites (tertiary alicyclic amines) is 1. The van der Waals surface area contributed by atoms with E-state index in [0.717, 1.165) is 5.56 Å². The average molecular weight is 285 g/mol. The molecule has 0 bridgehead atoms. The molecule has 21 heavy (non-hydrogen) atoms. The minimum atomic E-state index is -0.460. The summed E-state index contributed by atoms with van der Waals surface area (Å²) in [5.74, 6) is -0.701. The largest absolute Gasteiger partial charge is 0.394 e. The van der Waals surface area contributed by atoms with Crippen molar-refractivity contribution in [1.82, 2.24) is 4.90 Å². The lowest BCUT2D eigenvalue weighted by Crippen LogP contribution is -2.44. The maximum atomic E-state index is 12.5. The van der Waals surface area contributed by atoms with Crippen LogP contribution in [-0.2, 0) is 16.0 Å². The molecular formula is C17H19NO3. The van der Waals surface area contributed by atoms with Gasteiger partial charge in [-0.2, -0.15) is 0 Å². The van der Waals surface area contributed by atoms with Gasteiger partial charge < -0.3 is 5.11 Å². The number of nitrogens with zero attached hydrogens (tertiary/aromatic N) is 1. The van der Waals surface area contributed by atoms with Crippen molar-refractivity contribution in [2.75, 3.05) is 6.61 Å². The number of aliphatic hydroxyl groups excluding tert-OH is 1. The first-order chi connectivity index (χ1) is 10.2. The molecule has 0 aromatic heterocycles. The summed E-state index contributed by atoms with van der Waals surface area (Å²) in [5, 5.41) is 9.66. The molecule has 1 saturated heterocycles. The summed E-state index contributed by atoms with van der Waals surface area (Å²) in [6.07, 6.45) is 5.72. The minimum Gasteiger partial charge on any atom is -0.394 e. The van der Waals surface area contributed by atoms with E-state index >= 15 is 0 Å². The van der Waals surface area contributed by atoms with Crippen molar-refractivity contribution >= 4 is 11.8 Å². The lowest BCUT2D eigenvalue weighted by atomic mass is 9.85. The van der Waals surface area contributed by atoms with Gasteiger partial charge in [0.2, 0.25) is 11.8 Å². The first-order valence-corrected chi connectivity index (χ1v) is 7.39. The van der Waals surface area contributed by atoms with Crippen LogP contribution in [0.1, 0.15) is 18.4 Å². The smallest absolute Gasteiger partial charge is 0.233 e. The fourth-order valence-corrected chi connectivity index (χ4v) is 3.31. The van der Waals surface area contributed by atoms with Gasteiger partial charge in [-0.05, 0) is 24.8 Å². The highest BCUT2D eigenvalue weighted by Crippen LogP contribution is 2.36. The zero-order valence-corrected chi connectivity index (χ0v) is 11.8. The molecule has 4 nitrogen and oxygen atoms in total. The van der Waals surface area contributed by atoms with E-state index in [0.29, 0.717) is 19.3 Å². The van der Waals surface area contributed by atoms with Crippen molar-refractivity contribution in [2.24, 2.45) is 11.8 Å². The van der Waals surface area contributed by atoms with E-state index in [4.69, 9.17) is 0 Å². The molecule has 0 saturated carbocycles. The van der Waals surface area contributed by atoms with Crippen molar-refractivity contribution in [1.29, 1.82) is 0 Å². The number of carbonyl (C=O) groups excluding carboxylic acids is 2. The number of imide groups is 1. The summed E-state index contributed by atoms with van der Waals surface area (Å²) in [7, 11) is 0. The van der Waals surface area contributed by atoms with Gasteiger partial charge >= 0.3 is 0 Å². The molecule has 0 radical (unpaired) electrons. The second kappa shape index (κ2) is 5.82. The molecule has 3 atom stereocenters. The van der Waals surface area contributed by atoms with Crippen LogP contribution in [0, 0.1) is 11.8 Å². The highest BCUT2D eigenvalue weighted by molar-refractivity contribution is 6.05. The van der Waals surface area contributed by atoms with Gasteiger partial charge in [-0.25, -0.2) is 0 Å². The van der Waals surface area contributed by atoms with Crippen LogP contribution < -0.4 is 0 Å². The number of hydrogen-bond acceptors (Lipinski definition) is 3. The topological polar surface area (TPSA) is 57.6 Å². The lowest BCUT2D eigenvalue weighted by Gasteiger charge is -2.25. The van der Waals surface area contributed by atoms with Crippen LogP contribution in [-0.4, -0.2) is 34.5 Å². The first-order valence-electron chi connectivity index (χ1n) is 7.39. The summed E-state index contributed by atoms with van der Waals surface area (Å²) in [4.78, 5) is 26.3. The van der Waals surface area contributed by atoms with Crippen LogP contribution in [0.15, 0.2) is 42.5 Å². The van der Waals surface area contributed by atoms with E-state index < -0.39 is 6.04 Å². The second-order valence-electron chi connectivity index (χ2n) is 5.73. The first kappa shape index (κ1) is 14.0. The van der Waals surface area contributed by atoms with Gasteiger partial charge in [0.1, 0.15) is 0 Å². The third-order valence-electron chi connectivity index (χ3n) is 4.43. The van der Waals surface area contributed by atoms with E-state index in [9.17, 15) is 14.7 Å². The van der Waals surface area contributed by atoms with Crippen molar-refractivity contribution < 1.29 is 14.7 Å². The fraction of sp³-hybridized carbons (Fsp3) is 0.412. The Kier molecular flexibility index (Phi) is 3.88. The molecule has 2 aliphatic rings. The quantitative estimate of drug-likeness (QED) is 0.674. The predicted molar refractivity (Wildman–Crippen MR) is 78.2 cm³/mol. The van der Waals surface area contributed by atoms with E-state index in [2.05, 4.69) is 0 Å². The standard InChI is InChI=1S/C17H19NO3/c19-11-13(10-12-6-2-1-3-7-12)18-16(20)14-8-4-5-9-15(14)17(18)21/h1-7,13-15,19H,8-11H2/t13?,14-,15+. The summed E-state index contributed by atoms with van der Waals surface area (Å²) < 4.78 is 0. The van der Waals surface area contributed by atoms with Crippen LogP contribution in [0.3, 0.4) is 0 Å². The van der Waals surface area contributed by atoms with Crippen LogP contribution in [0.5, 0.6) is 0 Å². The highest BCUT2D eigenvalue weighted by atomic mass is 16.3. The molecule has 1 aliphatic heterocycles. The number of carbonyl (C=O) groups is 2. The Bertz CT molecular complexity index is 541. The Balaban J connectivity index is 1.81. The summed E-state index contributed by atoms with van der Waals surface area (Å²) in [6, 6.07) is 9.19. The predicted octanol–water partition coefficient (Wildman–Crippen LogP) is 1.54. The van der Waals surface area contributed by atoms with Crippen molar-refractivity contribution in [2.45, 2.75) is 25.3 Å². The van der Waals surface area contributed by atoms with Gasteiger partial charge in [-0.1, -0.05) is 42.5 Å². The maximum Gasteiger partial charge on any atom is 0.233 e. The van der Waals surface area contributed by atoms with Gasteiger partial charge in [-0.3, -0.25) is 14.5 Å². The summed E-state index contributed by atoms with van der Waals surface area (Å²) in [5.41, 5.74) is 1.02. The van der Waals surface area contributed by atoms with E-state index in [1.807, 2.05) is 42.5 Å². The number of hydrogen-bond donors (Lipinski definition) is 1. The third-order valence-corrected chi connectivity index (χ3v) is 4.43. The van der Waals surface area contributed by atoms with Crippen LogP contribution in [0.25, 0.3) is 0 Å². The van der Waals surface area contributed by atoms with Gasteiger partial charge in [-0.15, -0.1) is 0 Å². The molecule has 3 rings (SSSR count).